The Balaban J connectivity index is 2.63. The Labute approximate surface area is 165 Å². The van der Waals surface area contributed by atoms with Crippen molar-refractivity contribution in [3.8, 4) is 5.75 Å². The number of nitrogens with zero attached hydrogens (tertiary/aromatic N) is 1. The summed E-state index contributed by atoms with van der Waals surface area (Å²) in [5.41, 5.74) is 0.536. The van der Waals surface area contributed by atoms with E-state index in [1.165, 1.54) is 0 Å². The smallest absolute Gasteiger partial charge is 0.338 e. The Morgan fingerprint density at radius 1 is 0.964 bits per heavy atom. The number of hydrogen-bond acceptors (Lipinski definition) is 6. The molecule has 0 saturated heterocycles. The zero-order chi connectivity index (χ0) is 20.6. The van der Waals surface area contributed by atoms with Crippen molar-refractivity contribution in [2.75, 3.05) is 26.9 Å². The fourth-order valence-corrected chi connectivity index (χ4v) is 5.60. The van der Waals surface area contributed by atoms with Gasteiger partial charge in [-0.25, -0.2) is 0 Å². The molecule has 28 heavy (non-hydrogen) atoms. The first kappa shape index (κ1) is 22.1. The van der Waals surface area contributed by atoms with Gasteiger partial charge in [-0.3, -0.25) is 14.7 Å². The van der Waals surface area contributed by atoms with E-state index in [2.05, 4.69) is 0 Å². The van der Waals surface area contributed by atoms with E-state index in [0.717, 1.165) is 0 Å². The van der Waals surface area contributed by atoms with Gasteiger partial charge >= 0.3 is 7.60 Å². The predicted molar refractivity (Wildman–Crippen MR) is 108 cm³/mol. The standard InChI is InChI=1S/C20H26NO6P/c1-4-26-28(24,27-5-2)20(17-9-7-6-8-10-17)19(15-21(22)23)16-11-13-18(25-3)14-12-16/h6-14,19-20H,4-5,15H2,1-3H3/t19-,20-/m0/s1. The van der Waals surface area contributed by atoms with Crippen LogP contribution >= 0.6 is 7.60 Å². The van der Waals surface area contributed by atoms with Crippen molar-refractivity contribution in [3.05, 3.63) is 75.8 Å². The number of benzene rings is 2. The molecule has 7 nitrogen and oxygen atoms in total. The zero-order valence-electron chi connectivity index (χ0n) is 16.3. The molecule has 0 aliphatic heterocycles. The quantitative estimate of drug-likeness (QED) is 0.294. The van der Waals surface area contributed by atoms with E-state index in [1.54, 1.807) is 57.4 Å². The molecule has 2 aromatic rings. The largest absolute Gasteiger partial charge is 0.497 e. The molecule has 0 radical (unpaired) electrons. The number of methoxy groups -OCH3 is 1. The summed E-state index contributed by atoms with van der Waals surface area (Å²) in [6, 6.07) is 16.0. The first-order chi connectivity index (χ1) is 13.4. The molecule has 2 rings (SSSR count). The van der Waals surface area contributed by atoms with Gasteiger partial charge in [0.1, 0.15) is 5.75 Å². The Bertz CT molecular complexity index is 786. The van der Waals surface area contributed by atoms with Crippen LogP contribution in [0.4, 0.5) is 0 Å². The average Bonchev–Trinajstić information content (AvgIpc) is 2.68. The van der Waals surface area contributed by atoms with Gasteiger partial charge in [0.05, 0.1) is 31.9 Å². The summed E-state index contributed by atoms with van der Waals surface area (Å²) in [4.78, 5) is 11.1. The van der Waals surface area contributed by atoms with Crippen LogP contribution < -0.4 is 4.74 Å². The van der Waals surface area contributed by atoms with Crippen LogP contribution in [0, 0.1) is 10.1 Å². The highest BCUT2D eigenvalue weighted by molar-refractivity contribution is 7.54. The summed E-state index contributed by atoms with van der Waals surface area (Å²) in [5.74, 6) is -0.0649. The molecule has 0 saturated carbocycles. The molecule has 2 atom stereocenters. The molecule has 0 heterocycles. The van der Waals surface area contributed by atoms with Crippen LogP contribution in [-0.4, -0.2) is 31.8 Å². The molecule has 2 aromatic carbocycles. The van der Waals surface area contributed by atoms with E-state index >= 15 is 0 Å². The van der Waals surface area contributed by atoms with Crippen LogP contribution in [0.5, 0.6) is 5.75 Å². The molecule has 0 aromatic heterocycles. The first-order valence-electron chi connectivity index (χ1n) is 9.14. The third kappa shape index (κ3) is 5.41. The van der Waals surface area contributed by atoms with Gasteiger partial charge in [-0.1, -0.05) is 42.5 Å². The van der Waals surface area contributed by atoms with Gasteiger partial charge in [-0.15, -0.1) is 0 Å². The SMILES string of the molecule is CCOP(=O)(OCC)[C@@H](c1ccccc1)[C@@H](C[N+](=O)[O-])c1ccc(OC)cc1. The van der Waals surface area contributed by atoms with Crippen molar-refractivity contribution in [2.24, 2.45) is 0 Å². The molecular formula is C20H26NO6P. The van der Waals surface area contributed by atoms with Gasteiger partial charge in [0, 0.05) is 4.92 Å². The fraction of sp³-hybridized carbons (Fsp3) is 0.400. The summed E-state index contributed by atoms with van der Waals surface area (Å²) in [6.07, 6.45) is 0. The van der Waals surface area contributed by atoms with Crippen molar-refractivity contribution < 1.29 is 23.3 Å². The molecule has 0 unspecified atom stereocenters. The summed E-state index contributed by atoms with van der Waals surface area (Å²) in [7, 11) is -2.13. The zero-order valence-corrected chi connectivity index (χ0v) is 17.2. The van der Waals surface area contributed by atoms with Crippen molar-refractivity contribution in [1.82, 2.24) is 0 Å². The second kappa shape index (κ2) is 10.4. The minimum atomic E-state index is -3.68. The third-order valence-corrected chi connectivity index (χ3v) is 6.95. The van der Waals surface area contributed by atoms with Crippen molar-refractivity contribution in [1.29, 1.82) is 0 Å². The van der Waals surface area contributed by atoms with E-state index in [0.29, 0.717) is 16.9 Å². The van der Waals surface area contributed by atoms with Gasteiger partial charge in [0.2, 0.25) is 6.54 Å². The second-order valence-electron chi connectivity index (χ2n) is 6.13. The van der Waals surface area contributed by atoms with Gasteiger partial charge in [0.15, 0.2) is 0 Å². The van der Waals surface area contributed by atoms with Crippen molar-refractivity contribution >= 4 is 7.60 Å². The van der Waals surface area contributed by atoms with Crippen molar-refractivity contribution in [2.45, 2.75) is 25.4 Å². The normalized spacial score (nSPS) is 13.7. The highest BCUT2D eigenvalue weighted by Gasteiger charge is 2.45. The lowest BCUT2D eigenvalue weighted by molar-refractivity contribution is -0.483. The molecule has 0 fully saturated rings. The lowest BCUT2D eigenvalue weighted by atomic mass is 9.91. The van der Waals surface area contributed by atoms with Gasteiger partial charge in [0.25, 0.3) is 0 Å². The second-order valence-corrected chi connectivity index (χ2v) is 8.28. The van der Waals surface area contributed by atoms with Crippen LogP contribution in [0.2, 0.25) is 0 Å². The molecular weight excluding hydrogens is 381 g/mol. The Hall–Kier alpha value is -2.21. The maximum atomic E-state index is 13.7. The number of nitro groups is 1. The fourth-order valence-electron chi connectivity index (χ4n) is 3.24. The van der Waals surface area contributed by atoms with Gasteiger partial charge in [-0.05, 0) is 37.1 Å². The van der Waals surface area contributed by atoms with Crippen LogP contribution in [0.15, 0.2) is 54.6 Å². The maximum absolute atomic E-state index is 13.7. The Kier molecular flexibility index (Phi) is 8.18. The number of rotatable bonds is 11. The minimum absolute atomic E-state index is 0.175. The first-order valence-corrected chi connectivity index (χ1v) is 10.8. The molecule has 0 aliphatic carbocycles. The minimum Gasteiger partial charge on any atom is -0.497 e. The number of ether oxygens (including phenoxy) is 1. The van der Waals surface area contributed by atoms with Crippen LogP contribution in [0.1, 0.15) is 36.6 Å². The van der Waals surface area contributed by atoms with Crippen molar-refractivity contribution in [3.63, 3.8) is 0 Å². The molecule has 0 aliphatic rings. The van der Waals surface area contributed by atoms with Crippen LogP contribution in [0.25, 0.3) is 0 Å². The topological polar surface area (TPSA) is 87.9 Å². The molecule has 0 N–H and O–H groups in total. The molecule has 8 heteroatoms. The lowest BCUT2D eigenvalue weighted by Gasteiger charge is -2.31. The van der Waals surface area contributed by atoms with Crippen LogP contribution in [-0.2, 0) is 13.6 Å². The summed E-state index contributed by atoms with van der Waals surface area (Å²) in [6.45, 7) is 3.39. The van der Waals surface area contributed by atoms with E-state index in [4.69, 9.17) is 13.8 Å². The van der Waals surface area contributed by atoms with E-state index < -0.39 is 30.6 Å². The monoisotopic (exact) mass is 407 g/mol. The Morgan fingerprint density at radius 3 is 2.00 bits per heavy atom. The molecule has 152 valence electrons. The van der Waals surface area contributed by atoms with E-state index in [1.807, 2.05) is 18.2 Å². The van der Waals surface area contributed by atoms with Gasteiger partial charge < -0.3 is 13.8 Å². The molecule has 0 spiro atoms. The average molecular weight is 407 g/mol. The summed E-state index contributed by atoms with van der Waals surface area (Å²) >= 11 is 0. The Morgan fingerprint density at radius 2 is 1.54 bits per heavy atom. The summed E-state index contributed by atoms with van der Waals surface area (Å²) < 4.78 is 30.1. The highest BCUT2D eigenvalue weighted by Crippen LogP contribution is 2.65. The van der Waals surface area contributed by atoms with Gasteiger partial charge in [-0.2, -0.15) is 0 Å². The number of hydrogen-bond donors (Lipinski definition) is 0. The highest BCUT2D eigenvalue weighted by atomic mass is 31.2. The van der Waals surface area contributed by atoms with E-state index in [-0.39, 0.29) is 13.2 Å². The predicted octanol–water partition coefficient (Wildman–Crippen LogP) is 5.06. The molecule has 0 bridgehead atoms. The third-order valence-electron chi connectivity index (χ3n) is 4.37. The lowest BCUT2D eigenvalue weighted by Crippen LogP contribution is -2.22. The van der Waals surface area contributed by atoms with E-state index in [9.17, 15) is 14.7 Å². The maximum Gasteiger partial charge on any atom is 0.338 e. The molecule has 0 amide bonds. The summed E-state index contributed by atoms with van der Waals surface area (Å²) in [5, 5.41) is 11.5. The van der Waals surface area contributed by atoms with Crippen LogP contribution in [0.3, 0.4) is 0 Å².